The first-order valence-electron chi connectivity index (χ1n) is 10.4. The lowest BCUT2D eigenvalue weighted by Crippen LogP contribution is -2.55. The van der Waals surface area contributed by atoms with Crippen LogP contribution in [-0.2, 0) is 23.9 Å². The fourth-order valence-corrected chi connectivity index (χ4v) is 6.91. The summed E-state index contributed by atoms with van der Waals surface area (Å²) >= 11 is 0. The van der Waals surface area contributed by atoms with E-state index in [1.165, 1.54) is 19.4 Å². The molecule has 0 spiro atoms. The van der Waals surface area contributed by atoms with Crippen LogP contribution in [0.4, 0.5) is 0 Å². The Morgan fingerprint density at radius 3 is 2.48 bits per heavy atom. The van der Waals surface area contributed by atoms with Gasteiger partial charge in [-0.15, -0.1) is 0 Å². The summed E-state index contributed by atoms with van der Waals surface area (Å²) in [4.78, 5) is 35.4. The average molecular weight is 374 g/mol. The standard InChI is InChI=1S/C22H30O5/c1-12(23)26-19-11-22(3)18(8-9-20(22)27-13(2)24)17-6-4-14-10-15(25)5-7-16(14)21(17)19/h10,16-21H,4-9,11H2,1-3H3. The Labute approximate surface area is 160 Å². The monoisotopic (exact) mass is 374 g/mol. The van der Waals surface area contributed by atoms with Crippen molar-refractivity contribution in [2.45, 2.75) is 77.9 Å². The first kappa shape index (κ1) is 18.7. The van der Waals surface area contributed by atoms with Crippen LogP contribution in [0.2, 0.25) is 0 Å². The molecule has 5 nitrogen and oxygen atoms in total. The van der Waals surface area contributed by atoms with Crippen molar-refractivity contribution in [3.63, 3.8) is 0 Å². The molecule has 27 heavy (non-hydrogen) atoms. The molecular weight excluding hydrogens is 344 g/mol. The third kappa shape index (κ3) is 3.13. The molecule has 0 aromatic heterocycles. The summed E-state index contributed by atoms with van der Waals surface area (Å²) in [6.45, 7) is 5.18. The molecule has 5 heteroatoms. The van der Waals surface area contributed by atoms with E-state index in [1.54, 1.807) is 0 Å². The zero-order chi connectivity index (χ0) is 19.3. The highest BCUT2D eigenvalue weighted by molar-refractivity contribution is 5.91. The number of hydrogen-bond donors (Lipinski definition) is 0. The number of carbonyl (C=O) groups is 3. The van der Waals surface area contributed by atoms with Gasteiger partial charge < -0.3 is 9.47 Å². The van der Waals surface area contributed by atoms with Crippen molar-refractivity contribution in [3.05, 3.63) is 11.6 Å². The lowest BCUT2D eigenvalue weighted by atomic mass is 9.51. The van der Waals surface area contributed by atoms with Gasteiger partial charge in [-0.2, -0.15) is 0 Å². The molecule has 4 aliphatic rings. The molecule has 0 aromatic carbocycles. The normalized spacial score (nSPS) is 43.1. The number of ether oxygens (including phenoxy) is 2. The van der Waals surface area contributed by atoms with Crippen LogP contribution in [0.25, 0.3) is 0 Å². The highest BCUT2D eigenvalue weighted by Crippen LogP contribution is 2.62. The van der Waals surface area contributed by atoms with Crippen LogP contribution in [0.1, 0.15) is 65.7 Å². The van der Waals surface area contributed by atoms with Gasteiger partial charge in [0.1, 0.15) is 12.2 Å². The van der Waals surface area contributed by atoms with Crippen LogP contribution in [0.5, 0.6) is 0 Å². The molecule has 3 fully saturated rings. The highest BCUT2D eigenvalue weighted by atomic mass is 16.5. The minimum Gasteiger partial charge on any atom is -0.462 e. The summed E-state index contributed by atoms with van der Waals surface area (Å²) < 4.78 is 11.6. The minimum atomic E-state index is -0.245. The van der Waals surface area contributed by atoms with Gasteiger partial charge >= 0.3 is 11.9 Å². The van der Waals surface area contributed by atoms with E-state index in [9.17, 15) is 14.4 Å². The van der Waals surface area contributed by atoms with Crippen molar-refractivity contribution in [2.24, 2.45) is 29.1 Å². The van der Waals surface area contributed by atoms with Crippen molar-refractivity contribution < 1.29 is 23.9 Å². The maximum Gasteiger partial charge on any atom is 0.302 e. The Balaban J connectivity index is 1.68. The molecule has 0 heterocycles. The van der Waals surface area contributed by atoms with E-state index in [0.717, 1.165) is 38.5 Å². The maximum atomic E-state index is 11.9. The number of ketones is 1. The molecule has 0 radical (unpaired) electrons. The second-order valence-corrected chi connectivity index (χ2v) is 9.25. The summed E-state index contributed by atoms with van der Waals surface area (Å²) in [6.07, 6.45) is 7.78. The fraction of sp³-hybridized carbons (Fsp3) is 0.773. The van der Waals surface area contributed by atoms with Crippen molar-refractivity contribution >= 4 is 17.7 Å². The predicted molar refractivity (Wildman–Crippen MR) is 98.6 cm³/mol. The van der Waals surface area contributed by atoms with Gasteiger partial charge in [0.2, 0.25) is 0 Å². The van der Waals surface area contributed by atoms with Crippen LogP contribution in [-0.4, -0.2) is 29.9 Å². The third-order valence-electron chi connectivity index (χ3n) is 7.78. The summed E-state index contributed by atoms with van der Waals surface area (Å²) in [5.74, 6) is 1.35. The number of fused-ring (bicyclic) bond motifs is 5. The Morgan fingerprint density at radius 1 is 1.04 bits per heavy atom. The molecule has 0 bridgehead atoms. The number of rotatable bonds is 2. The molecule has 0 aromatic rings. The fourth-order valence-electron chi connectivity index (χ4n) is 6.91. The molecule has 148 valence electrons. The first-order valence-corrected chi connectivity index (χ1v) is 10.4. The topological polar surface area (TPSA) is 69.7 Å². The summed E-state index contributed by atoms with van der Waals surface area (Å²) in [6, 6.07) is 0. The largest absolute Gasteiger partial charge is 0.462 e. The van der Waals surface area contributed by atoms with Gasteiger partial charge in [0, 0.05) is 31.6 Å². The lowest BCUT2D eigenvalue weighted by Gasteiger charge is -2.56. The molecule has 0 aliphatic heterocycles. The summed E-state index contributed by atoms with van der Waals surface area (Å²) in [5, 5.41) is 0. The smallest absolute Gasteiger partial charge is 0.302 e. The van der Waals surface area contributed by atoms with Gasteiger partial charge in [0.25, 0.3) is 0 Å². The lowest BCUT2D eigenvalue weighted by molar-refractivity contribution is -0.179. The predicted octanol–water partition coefficient (Wildman–Crippen LogP) is 3.60. The van der Waals surface area contributed by atoms with E-state index in [2.05, 4.69) is 6.92 Å². The van der Waals surface area contributed by atoms with Crippen LogP contribution >= 0.6 is 0 Å². The van der Waals surface area contributed by atoms with Gasteiger partial charge in [-0.05, 0) is 62.4 Å². The molecule has 4 rings (SSSR count). The number of allylic oxidation sites excluding steroid dienone is 1. The molecule has 0 amide bonds. The van der Waals surface area contributed by atoms with E-state index in [4.69, 9.17) is 9.47 Å². The zero-order valence-electron chi connectivity index (χ0n) is 16.5. The van der Waals surface area contributed by atoms with E-state index in [1.807, 2.05) is 6.08 Å². The number of carbonyl (C=O) groups excluding carboxylic acids is 3. The molecular formula is C22H30O5. The van der Waals surface area contributed by atoms with Gasteiger partial charge in [0.05, 0.1) is 0 Å². The Morgan fingerprint density at radius 2 is 1.78 bits per heavy atom. The SMILES string of the molecule is CC(=O)OC1CC2(C)C(OC(C)=O)CCC2C2CCC3=CC(=O)CCC3C12. The Hall–Kier alpha value is -1.65. The Bertz CT molecular complexity index is 695. The van der Waals surface area contributed by atoms with Gasteiger partial charge in [-0.1, -0.05) is 12.5 Å². The van der Waals surface area contributed by atoms with Crippen LogP contribution in [0, 0.1) is 29.1 Å². The number of hydrogen-bond acceptors (Lipinski definition) is 5. The van der Waals surface area contributed by atoms with Crippen LogP contribution < -0.4 is 0 Å². The van der Waals surface area contributed by atoms with Gasteiger partial charge in [-0.25, -0.2) is 0 Å². The van der Waals surface area contributed by atoms with Crippen LogP contribution in [0.3, 0.4) is 0 Å². The van der Waals surface area contributed by atoms with E-state index >= 15 is 0 Å². The van der Waals surface area contributed by atoms with Crippen molar-refractivity contribution in [1.29, 1.82) is 0 Å². The van der Waals surface area contributed by atoms with Crippen molar-refractivity contribution in [3.8, 4) is 0 Å². The second kappa shape index (κ2) is 6.75. The van der Waals surface area contributed by atoms with Gasteiger partial charge in [-0.3, -0.25) is 14.4 Å². The molecule has 7 atom stereocenters. The number of esters is 2. The second-order valence-electron chi connectivity index (χ2n) is 9.25. The minimum absolute atomic E-state index is 0.0936. The summed E-state index contributed by atoms with van der Waals surface area (Å²) in [7, 11) is 0. The van der Waals surface area contributed by atoms with Crippen molar-refractivity contribution in [1.82, 2.24) is 0 Å². The van der Waals surface area contributed by atoms with E-state index < -0.39 is 0 Å². The first-order chi connectivity index (χ1) is 12.8. The van der Waals surface area contributed by atoms with E-state index in [-0.39, 0.29) is 41.3 Å². The quantitative estimate of drug-likeness (QED) is 0.691. The molecule has 0 N–H and O–H groups in total. The van der Waals surface area contributed by atoms with Crippen LogP contribution in [0.15, 0.2) is 11.6 Å². The zero-order valence-corrected chi connectivity index (χ0v) is 16.5. The average Bonchev–Trinajstić information content (AvgIpc) is 2.89. The van der Waals surface area contributed by atoms with E-state index in [0.29, 0.717) is 24.2 Å². The molecule has 4 aliphatic carbocycles. The van der Waals surface area contributed by atoms with Crippen molar-refractivity contribution in [2.75, 3.05) is 0 Å². The third-order valence-corrected chi connectivity index (χ3v) is 7.78. The maximum absolute atomic E-state index is 11.9. The molecule has 0 saturated heterocycles. The summed E-state index contributed by atoms with van der Waals surface area (Å²) in [5.41, 5.74) is 1.13. The highest BCUT2D eigenvalue weighted by Gasteiger charge is 2.61. The molecule has 3 saturated carbocycles. The van der Waals surface area contributed by atoms with Gasteiger partial charge in [0.15, 0.2) is 5.78 Å². The molecule has 7 unspecified atom stereocenters. The Kier molecular flexibility index (Phi) is 4.68.